The summed E-state index contributed by atoms with van der Waals surface area (Å²) >= 11 is 0. The Bertz CT molecular complexity index is 1610. The third kappa shape index (κ3) is 7.02. The average Bonchev–Trinajstić information content (AvgIpc) is 3.46. The molecule has 2 aromatic heterocycles. The molecular formula is C32H35N7O5. The molecule has 4 aromatic rings. The van der Waals surface area contributed by atoms with Crippen LogP contribution in [0.25, 0.3) is 11.4 Å². The molecule has 1 atom stereocenters. The van der Waals surface area contributed by atoms with Crippen LogP contribution >= 0.6 is 0 Å². The number of hydrogen-bond acceptors (Lipinski definition) is 8. The number of amides is 3. The van der Waals surface area contributed by atoms with E-state index in [4.69, 9.17) is 19.6 Å². The van der Waals surface area contributed by atoms with Crippen molar-refractivity contribution in [3.63, 3.8) is 0 Å². The number of fused-ring (bicyclic) bond motifs is 3. The van der Waals surface area contributed by atoms with Crippen molar-refractivity contribution in [3.8, 4) is 22.9 Å². The summed E-state index contributed by atoms with van der Waals surface area (Å²) in [7, 11) is 1.53. The van der Waals surface area contributed by atoms with Crippen LogP contribution in [-0.4, -0.2) is 75.7 Å². The maximum atomic E-state index is 13.5. The summed E-state index contributed by atoms with van der Waals surface area (Å²) in [5, 5.41) is 10.7. The monoisotopic (exact) mass is 597 g/mol. The van der Waals surface area contributed by atoms with Crippen LogP contribution in [0.15, 0.2) is 73.1 Å². The molecule has 0 saturated carbocycles. The zero-order valence-electron chi connectivity index (χ0n) is 24.9. The van der Waals surface area contributed by atoms with Crippen molar-refractivity contribution in [1.29, 1.82) is 0 Å². The molecule has 0 spiro atoms. The second-order valence-corrected chi connectivity index (χ2v) is 10.6. The Morgan fingerprint density at radius 1 is 1.02 bits per heavy atom. The van der Waals surface area contributed by atoms with Gasteiger partial charge in [0.1, 0.15) is 6.61 Å². The molecule has 5 rings (SSSR count). The molecule has 2 bridgehead atoms. The Labute approximate surface area is 255 Å². The van der Waals surface area contributed by atoms with Crippen LogP contribution in [0.5, 0.6) is 11.5 Å². The minimum absolute atomic E-state index is 0.0612. The molecule has 1 aliphatic heterocycles. The predicted molar refractivity (Wildman–Crippen MR) is 162 cm³/mol. The quantitative estimate of drug-likeness (QED) is 0.366. The molecule has 0 saturated heterocycles. The minimum atomic E-state index is -0.515. The molecule has 2 aromatic carbocycles. The summed E-state index contributed by atoms with van der Waals surface area (Å²) in [4.78, 5) is 50.3. The summed E-state index contributed by atoms with van der Waals surface area (Å²) in [6.45, 7) is 4.46. The number of pyridine rings is 1. The van der Waals surface area contributed by atoms with Gasteiger partial charge >= 0.3 is 0 Å². The van der Waals surface area contributed by atoms with E-state index in [1.54, 1.807) is 35.0 Å². The largest absolute Gasteiger partial charge is 0.493 e. The fourth-order valence-corrected chi connectivity index (χ4v) is 4.89. The molecule has 228 valence electrons. The number of aromatic nitrogens is 4. The molecular weight excluding hydrogens is 562 g/mol. The van der Waals surface area contributed by atoms with E-state index in [9.17, 15) is 14.4 Å². The van der Waals surface area contributed by atoms with Gasteiger partial charge in [0, 0.05) is 42.2 Å². The van der Waals surface area contributed by atoms with E-state index in [1.807, 2.05) is 44.2 Å². The van der Waals surface area contributed by atoms with Crippen molar-refractivity contribution in [1.82, 2.24) is 35.3 Å². The molecule has 12 heteroatoms. The average molecular weight is 598 g/mol. The summed E-state index contributed by atoms with van der Waals surface area (Å²) in [6.07, 6.45) is 3.04. The molecule has 0 unspecified atom stereocenters. The minimum Gasteiger partial charge on any atom is -0.493 e. The number of hydrogen-bond donors (Lipinski definition) is 2. The van der Waals surface area contributed by atoms with Crippen LogP contribution < -0.4 is 20.1 Å². The molecule has 3 amide bonds. The van der Waals surface area contributed by atoms with Crippen LogP contribution in [0.3, 0.4) is 0 Å². The number of carbonyl (C=O) groups is 3. The lowest BCUT2D eigenvalue weighted by atomic mass is 10.0. The SMILES string of the molecule is COc1ccc2cc1OCCn1nc(-c3ccccc3)nc1[C@@H](C(C)C)NC(=O)CN(C(=O)c1ccncc1)CCNC2=O. The standard InChI is InChI=1S/C32H35N7O5/c1-21(2)28-30-36-29(22-7-5-4-6-8-22)37-39(30)17-18-44-26-19-24(9-10-25(26)43-3)31(41)34-15-16-38(20-27(40)35-28)32(42)23-11-13-33-14-12-23/h4-14,19,21,28H,15-18,20H2,1-3H3,(H,34,41)(H,35,40)/t28-/m1/s1. The Balaban J connectivity index is 1.53. The highest BCUT2D eigenvalue weighted by molar-refractivity contribution is 5.97. The third-order valence-corrected chi connectivity index (χ3v) is 7.20. The zero-order valence-corrected chi connectivity index (χ0v) is 24.9. The van der Waals surface area contributed by atoms with Crippen molar-refractivity contribution in [2.75, 3.05) is 33.4 Å². The van der Waals surface area contributed by atoms with Crippen LogP contribution in [0.4, 0.5) is 0 Å². The fourth-order valence-electron chi connectivity index (χ4n) is 4.89. The van der Waals surface area contributed by atoms with Crippen molar-refractivity contribution in [3.05, 3.63) is 90.0 Å². The Hall–Kier alpha value is -5.26. The molecule has 0 aliphatic carbocycles. The maximum absolute atomic E-state index is 13.5. The molecule has 2 N–H and O–H groups in total. The van der Waals surface area contributed by atoms with Crippen LogP contribution in [-0.2, 0) is 11.3 Å². The zero-order chi connectivity index (χ0) is 31.1. The molecule has 12 nitrogen and oxygen atoms in total. The first-order valence-corrected chi connectivity index (χ1v) is 14.4. The Kier molecular flexibility index (Phi) is 9.48. The second-order valence-electron chi connectivity index (χ2n) is 10.6. The summed E-state index contributed by atoms with van der Waals surface area (Å²) in [5.74, 6) is 0.811. The molecule has 44 heavy (non-hydrogen) atoms. The molecule has 3 heterocycles. The van der Waals surface area contributed by atoms with Gasteiger partial charge in [-0.05, 0) is 36.2 Å². The lowest BCUT2D eigenvalue weighted by Crippen LogP contribution is -2.46. The lowest BCUT2D eigenvalue weighted by molar-refractivity contribution is -0.123. The fraction of sp³-hybridized carbons (Fsp3) is 0.312. The molecule has 0 radical (unpaired) electrons. The van der Waals surface area contributed by atoms with E-state index in [0.717, 1.165) is 5.56 Å². The third-order valence-electron chi connectivity index (χ3n) is 7.20. The van der Waals surface area contributed by atoms with Crippen LogP contribution in [0, 0.1) is 5.92 Å². The van der Waals surface area contributed by atoms with Crippen LogP contribution in [0.1, 0.15) is 46.4 Å². The van der Waals surface area contributed by atoms with E-state index in [1.165, 1.54) is 24.4 Å². The predicted octanol–water partition coefficient (Wildman–Crippen LogP) is 3.13. The summed E-state index contributed by atoms with van der Waals surface area (Å²) < 4.78 is 13.3. The topological polar surface area (TPSA) is 141 Å². The number of methoxy groups -OCH3 is 1. The van der Waals surface area contributed by atoms with Crippen molar-refractivity contribution >= 4 is 17.7 Å². The Morgan fingerprint density at radius 3 is 2.52 bits per heavy atom. The van der Waals surface area contributed by atoms with E-state index in [0.29, 0.717) is 40.8 Å². The van der Waals surface area contributed by atoms with E-state index < -0.39 is 6.04 Å². The van der Waals surface area contributed by atoms with Gasteiger partial charge in [0.2, 0.25) is 5.91 Å². The van der Waals surface area contributed by atoms with E-state index >= 15 is 0 Å². The van der Waals surface area contributed by atoms with Crippen molar-refractivity contribution in [2.24, 2.45) is 5.92 Å². The highest BCUT2D eigenvalue weighted by atomic mass is 16.5. The summed E-state index contributed by atoms with van der Waals surface area (Å²) in [5.41, 5.74) is 1.58. The van der Waals surface area contributed by atoms with E-state index in [2.05, 4.69) is 15.6 Å². The first-order valence-electron chi connectivity index (χ1n) is 14.4. The van der Waals surface area contributed by atoms with Crippen molar-refractivity contribution in [2.45, 2.75) is 26.4 Å². The first-order chi connectivity index (χ1) is 21.3. The number of nitrogens with one attached hydrogen (secondary N) is 2. The van der Waals surface area contributed by atoms with Gasteiger partial charge in [0.25, 0.3) is 11.8 Å². The lowest BCUT2D eigenvalue weighted by Gasteiger charge is -2.26. The van der Waals surface area contributed by atoms with E-state index in [-0.39, 0.29) is 49.9 Å². The maximum Gasteiger partial charge on any atom is 0.254 e. The van der Waals surface area contributed by atoms with Gasteiger partial charge in [-0.1, -0.05) is 44.2 Å². The number of ether oxygens (including phenoxy) is 2. The van der Waals surface area contributed by atoms with Crippen LogP contribution in [0.2, 0.25) is 0 Å². The highest BCUT2D eigenvalue weighted by Crippen LogP contribution is 2.29. The number of carbonyl (C=O) groups excluding carboxylic acids is 3. The first kappa shape index (κ1) is 30.2. The van der Waals surface area contributed by atoms with Gasteiger partial charge in [-0.15, -0.1) is 0 Å². The number of benzene rings is 2. The van der Waals surface area contributed by atoms with Gasteiger partial charge in [-0.25, -0.2) is 9.67 Å². The van der Waals surface area contributed by atoms with Gasteiger partial charge in [0.05, 0.1) is 26.2 Å². The van der Waals surface area contributed by atoms with Gasteiger partial charge in [-0.3, -0.25) is 19.4 Å². The van der Waals surface area contributed by atoms with Crippen molar-refractivity contribution < 1.29 is 23.9 Å². The smallest absolute Gasteiger partial charge is 0.254 e. The second kappa shape index (κ2) is 13.8. The Morgan fingerprint density at radius 2 is 1.80 bits per heavy atom. The van der Waals surface area contributed by atoms with Gasteiger partial charge < -0.3 is 25.0 Å². The molecule has 1 aliphatic rings. The highest BCUT2D eigenvalue weighted by Gasteiger charge is 2.28. The molecule has 0 fully saturated rings. The summed E-state index contributed by atoms with van der Waals surface area (Å²) in [6, 6.07) is 17.2. The number of rotatable bonds is 4. The van der Waals surface area contributed by atoms with Gasteiger partial charge in [-0.2, -0.15) is 5.10 Å². The number of nitrogens with zero attached hydrogens (tertiary/aromatic N) is 5. The normalized spacial score (nSPS) is 16.3. The van der Waals surface area contributed by atoms with Gasteiger partial charge in [0.15, 0.2) is 23.1 Å².